The number of carbonyl (C=O) groups is 2. The van der Waals surface area contributed by atoms with Crippen LogP contribution in [-0.4, -0.2) is 67.4 Å². The minimum absolute atomic E-state index is 0.0253. The summed E-state index contributed by atoms with van der Waals surface area (Å²) in [6, 6.07) is 0. The van der Waals surface area contributed by atoms with Gasteiger partial charge in [-0.1, -0.05) is 20.8 Å². The molecule has 35 heavy (non-hydrogen) atoms. The molecule has 4 N–H and O–H groups in total. The lowest BCUT2D eigenvalue weighted by Gasteiger charge is -2.53. The maximum absolute atomic E-state index is 13.0. The van der Waals surface area contributed by atoms with Crippen molar-refractivity contribution in [3.8, 4) is 0 Å². The molecule has 194 valence electrons. The molecule has 1 saturated heterocycles. The van der Waals surface area contributed by atoms with Gasteiger partial charge in [0.1, 0.15) is 13.1 Å². The molecule has 0 spiro atoms. The summed E-state index contributed by atoms with van der Waals surface area (Å²) < 4.78 is 5.41. The van der Waals surface area contributed by atoms with Crippen LogP contribution in [0.25, 0.3) is 0 Å². The summed E-state index contributed by atoms with van der Waals surface area (Å²) in [6.45, 7) is 11.6. The number of nitrogens with one attached hydrogen (secondary N) is 3. The average molecular weight is 506 g/mol. The van der Waals surface area contributed by atoms with E-state index >= 15 is 0 Å². The number of thiazole rings is 1. The number of hydrogen-bond donors (Lipinski definition) is 4. The van der Waals surface area contributed by atoms with Crippen LogP contribution in [0.5, 0.6) is 0 Å². The van der Waals surface area contributed by atoms with Crippen LogP contribution in [0.2, 0.25) is 0 Å². The number of amides is 2. The molecule has 1 aromatic rings. The van der Waals surface area contributed by atoms with Gasteiger partial charge >= 0.3 is 0 Å². The first-order chi connectivity index (χ1) is 16.8. The zero-order valence-electron chi connectivity index (χ0n) is 21.3. The Morgan fingerprint density at radius 2 is 2.03 bits per heavy atom. The molecule has 0 bridgehead atoms. The Hall–Kier alpha value is -1.55. The van der Waals surface area contributed by atoms with Crippen molar-refractivity contribution in [1.29, 1.82) is 0 Å². The minimum Gasteiger partial charge on any atom is -0.392 e. The molecule has 2 amide bonds. The minimum atomic E-state index is -0.547. The van der Waals surface area contributed by atoms with Crippen molar-refractivity contribution in [3.63, 3.8) is 0 Å². The largest absolute Gasteiger partial charge is 0.392 e. The Kier molecular flexibility index (Phi) is 7.23. The zero-order valence-corrected chi connectivity index (χ0v) is 22.1. The maximum atomic E-state index is 13.0. The first kappa shape index (κ1) is 25.1. The first-order valence-electron chi connectivity index (χ1n) is 13.4. The van der Waals surface area contributed by atoms with Gasteiger partial charge < -0.3 is 25.4 Å². The number of nitrogens with zero attached hydrogens (tertiary/aromatic N) is 1. The third-order valence-electron chi connectivity index (χ3n) is 9.13. The van der Waals surface area contributed by atoms with Crippen molar-refractivity contribution < 1.29 is 24.3 Å². The highest BCUT2D eigenvalue weighted by Crippen LogP contribution is 2.57. The maximum Gasteiger partial charge on any atom is 0.229 e. The molecule has 1 aromatic heterocycles. The number of ether oxygens (including phenoxy) is 1. The number of anilines is 1. The number of quaternary nitrogens is 1. The van der Waals surface area contributed by atoms with E-state index in [9.17, 15) is 14.7 Å². The zero-order chi connectivity index (χ0) is 24.7. The normalized spacial score (nSPS) is 33.9. The lowest BCUT2D eigenvalue weighted by molar-refractivity contribution is -0.906. The number of fused-ring (bicyclic) bond motifs is 2. The van der Waals surface area contributed by atoms with Gasteiger partial charge in [-0.2, -0.15) is 0 Å². The molecule has 6 atom stereocenters. The van der Waals surface area contributed by atoms with Gasteiger partial charge in [-0.3, -0.25) is 9.59 Å². The first-order valence-corrected chi connectivity index (χ1v) is 14.3. The van der Waals surface area contributed by atoms with E-state index in [1.165, 1.54) is 9.78 Å². The van der Waals surface area contributed by atoms with Crippen molar-refractivity contribution in [3.05, 3.63) is 10.6 Å². The summed E-state index contributed by atoms with van der Waals surface area (Å²) in [5, 5.41) is 18.5. The van der Waals surface area contributed by atoms with Crippen LogP contribution < -0.4 is 15.5 Å². The van der Waals surface area contributed by atoms with Crippen LogP contribution in [0, 0.1) is 29.1 Å². The molecule has 0 radical (unpaired) electrons. The van der Waals surface area contributed by atoms with Crippen molar-refractivity contribution in [2.24, 2.45) is 29.1 Å². The predicted octanol–water partition coefficient (Wildman–Crippen LogP) is 1.21. The second kappa shape index (κ2) is 10.1. The number of aliphatic hydroxyl groups excluding tert-OH is 1. The van der Waals surface area contributed by atoms with Gasteiger partial charge in [0.25, 0.3) is 0 Å². The third kappa shape index (κ3) is 5.15. The van der Waals surface area contributed by atoms with E-state index in [0.29, 0.717) is 11.7 Å². The van der Waals surface area contributed by atoms with Gasteiger partial charge in [0.15, 0.2) is 5.13 Å². The lowest BCUT2D eigenvalue weighted by Crippen LogP contribution is -3.14. The standard InChI is InChI=1S/C26H40N4O4S/c1-15(23(32)27-8-9-30-10-12-34-13-11-30)18-6-7-26(3)14-19-21(16(2)20(26)22(18)31)28-25(35-19)29-24(33)17-4-5-17/h15-18,20,22,31H,4-14H2,1-3H3,(H,27,32)(H,28,29,33)/p+1/t15-,16-,18+,20+,22-,26-/m0/s1. The summed E-state index contributed by atoms with van der Waals surface area (Å²) in [6.07, 6.45) is 4.11. The van der Waals surface area contributed by atoms with Crippen molar-refractivity contribution in [2.75, 3.05) is 44.7 Å². The lowest BCUT2D eigenvalue weighted by atomic mass is 9.53. The van der Waals surface area contributed by atoms with Gasteiger partial charge in [0, 0.05) is 22.6 Å². The fourth-order valence-electron chi connectivity index (χ4n) is 6.78. The molecular weight excluding hydrogens is 464 g/mol. The van der Waals surface area contributed by atoms with Crippen LogP contribution in [0.1, 0.15) is 62.9 Å². The monoisotopic (exact) mass is 505 g/mol. The second-order valence-electron chi connectivity index (χ2n) is 11.6. The molecule has 8 nitrogen and oxygen atoms in total. The highest BCUT2D eigenvalue weighted by molar-refractivity contribution is 7.15. The van der Waals surface area contributed by atoms with Gasteiger partial charge in [-0.15, -0.1) is 11.3 Å². The number of aromatic nitrogens is 1. The highest BCUT2D eigenvalue weighted by atomic mass is 32.1. The van der Waals surface area contributed by atoms with Gasteiger partial charge in [-0.05, 0) is 49.4 Å². The molecule has 2 heterocycles. The Morgan fingerprint density at radius 1 is 1.29 bits per heavy atom. The summed E-state index contributed by atoms with van der Waals surface area (Å²) in [4.78, 5) is 32.8. The van der Waals surface area contributed by atoms with E-state index in [1.807, 2.05) is 6.92 Å². The Balaban J connectivity index is 1.22. The molecule has 3 fully saturated rings. The summed E-state index contributed by atoms with van der Waals surface area (Å²) in [5.74, 6) is 0.141. The van der Waals surface area contributed by atoms with Gasteiger partial charge in [0.2, 0.25) is 11.8 Å². The van der Waals surface area contributed by atoms with E-state index in [1.54, 1.807) is 11.3 Å². The quantitative estimate of drug-likeness (QED) is 0.446. The number of carbonyl (C=O) groups excluding carboxylic acids is 2. The van der Waals surface area contributed by atoms with Crippen molar-refractivity contribution in [1.82, 2.24) is 10.3 Å². The van der Waals surface area contributed by atoms with Crippen LogP contribution in [0.4, 0.5) is 5.13 Å². The number of morpholine rings is 1. The van der Waals surface area contributed by atoms with Crippen LogP contribution in [-0.2, 0) is 20.7 Å². The highest BCUT2D eigenvalue weighted by Gasteiger charge is 2.54. The van der Waals surface area contributed by atoms with E-state index in [-0.39, 0.29) is 46.8 Å². The van der Waals surface area contributed by atoms with E-state index in [4.69, 9.17) is 9.72 Å². The topological polar surface area (TPSA) is 105 Å². The Labute approximate surface area is 212 Å². The fourth-order valence-corrected chi connectivity index (χ4v) is 8.05. The molecule has 0 unspecified atom stereocenters. The number of rotatable bonds is 7. The van der Waals surface area contributed by atoms with Gasteiger partial charge in [-0.25, -0.2) is 4.98 Å². The third-order valence-corrected chi connectivity index (χ3v) is 10.1. The fraction of sp³-hybridized carbons (Fsp3) is 0.808. The molecule has 3 aliphatic carbocycles. The molecular formula is C26H41N4O4S+. The van der Waals surface area contributed by atoms with E-state index in [0.717, 1.165) is 70.6 Å². The average Bonchev–Trinajstić information content (AvgIpc) is 3.61. The summed E-state index contributed by atoms with van der Waals surface area (Å²) >= 11 is 1.60. The van der Waals surface area contributed by atoms with Crippen LogP contribution in [0.3, 0.4) is 0 Å². The Bertz CT molecular complexity index is 944. The molecule has 2 saturated carbocycles. The summed E-state index contributed by atoms with van der Waals surface area (Å²) in [7, 11) is 0. The molecule has 0 aromatic carbocycles. The Morgan fingerprint density at radius 3 is 2.74 bits per heavy atom. The molecule has 9 heteroatoms. The van der Waals surface area contributed by atoms with Crippen LogP contribution in [0.15, 0.2) is 0 Å². The van der Waals surface area contributed by atoms with Gasteiger partial charge in [0.05, 0.1) is 38.1 Å². The molecule has 4 aliphatic rings. The molecule has 1 aliphatic heterocycles. The predicted molar refractivity (Wildman–Crippen MR) is 134 cm³/mol. The van der Waals surface area contributed by atoms with Crippen LogP contribution >= 0.6 is 11.3 Å². The van der Waals surface area contributed by atoms with E-state index in [2.05, 4.69) is 24.5 Å². The van der Waals surface area contributed by atoms with E-state index < -0.39 is 6.10 Å². The number of hydrogen-bond acceptors (Lipinski definition) is 6. The van der Waals surface area contributed by atoms with Crippen molar-refractivity contribution in [2.45, 2.75) is 64.9 Å². The second-order valence-corrected chi connectivity index (χ2v) is 12.7. The SMILES string of the molecule is C[C@H](C(=O)NCC[NH+]1CCOCC1)[C@H]1CC[C@@]2(C)Cc3sc(NC(=O)C4CC4)nc3[C@@H](C)[C@@H]2[C@H]1O. The van der Waals surface area contributed by atoms with Crippen molar-refractivity contribution >= 4 is 28.3 Å². The molecule has 5 rings (SSSR count). The smallest absolute Gasteiger partial charge is 0.229 e. The summed E-state index contributed by atoms with van der Waals surface area (Å²) in [5.41, 5.74) is 0.997. The number of aliphatic hydroxyl groups is 1.